The lowest BCUT2D eigenvalue weighted by Crippen LogP contribution is -2.15. The zero-order chi connectivity index (χ0) is 13.9. The minimum atomic E-state index is -0.504. The number of thiophene rings is 1. The van der Waals surface area contributed by atoms with Crippen LogP contribution < -0.4 is 5.32 Å². The molecule has 3 aromatic heterocycles. The molecular weight excluding hydrogens is 276 g/mol. The monoisotopic (exact) mass is 288 g/mol. The molecule has 0 spiro atoms. The van der Waals surface area contributed by atoms with Crippen LogP contribution in [0.2, 0.25) is 0 Å². The Kier molecular flexibility index (Phi) is 3.34. The van der Waals surface area contributed by atoms with E-state index in [2.05, 4.69) is 15.3 Å². The summed E-state index contributed by atoms with van der Waals surface area (Å²) in [4.78, 5) is 21.3. The minimum absolute atomic E-state index is 0.315. The molecule has 0 saturated carbocycles. The first kappa shape index (κ1) is 12.6. The number of anilines is 1. The summed E-state index contributed by atoms with van der Waals surface area (Å²) in [5.41, 5.74) is 0.687. The van der Waals surface area contributed by atoms with E-state index in [0.29, 0.717) is 23.9 Å². The first-order valence-corrected chi connectivity index (χ1v) is 6.98. The third-order valence-corrected chi connectivity index (χ3v) is 3.53. The van der Waals surface area contributed by atoms with E-state index in [9.17, 15) is 4.79 Å². The number of amides is 1. The number of imidazole rings is 1. The molecular formula is C13H12N4O2S. The molecule has 6 nitrogen and oxygen atoms in total. The Balaban J connectivity index is 2.11. The van der Waals surface area contributed by atoms with Gasteiger partial charge < -0.3 is 4.74 Å². The summed E-state index contributed by atoms with van der Waals surface area (Å²) in [5.74, 6) is 1.09. The highest BCUT2D eigenvalue weighted by Gasteiger charge is 2.17. The lowest BCUT2D eigenvalue weighted by atomic mass is 10.3. The third kappa shape index (κ3) is 2.23. The van der Waals surface area contributed by atoms with Gasteiger partial charge in [-0.1, -0.05) is 6.07 Å². The molecule has 0 fully saturated rings. The standard InChI is InChI=1S/C13H12N4O2S/c1-2-19-13(18)16-11-10(9-5-3-8-20-9)15-12-14-6-4-7-17(11)12/h3-8H,2H2,1H3,(H,16,18). The molecule has 0 atom stereocenters. The number of aromatic nitrogens is 3. The third-order valence-electron chi connectivity index (χ3n) is 2.65. The van der Waals surface area contributed by atoms with Crippen molar-refractivity contribution in [2.24, 2.45) is 0 Å². The van der Waals surface area contributed by atoms with E-state index in [1.54, 1.807) is 41.1 Å². The Morgan fingerprint density at radius 2 is 2.40 bits per heavy atom. The maximum absolute atomic E-state index is 11.7. The van der Waals surface area contributed by atoms with Crippen LogP contribution in [0.5, 0.6) is 0 Å². The Morgan fingerprint density at radius 3 is 3.15 bits per heavy atom. The molecule has 7 heteroatoms. The number of fused-ring (bicyclic) bond motifs is 1. The van der Waals surface area contributed by atoms with Crippen molar-refractivity contribution < 1.29 is 9.53 Å². The van der Waals surface area contributed by atoms with Crippen LogP contribution in [0.1, 0.15) is 6.92 Å². The predicted octanol–water partition coefficient (Wildman–Crippen LogP) is 3.03. The molecule has 102 valence electrons. The lowest BCUT2D eigenvalue weighted by molar-refractivity contribution is 0.168. The number of hydrogen-bond donors (Lipinski definition) is 1. The summed E-state index contributed by atoms with van der Waals surface area (Å²) in [6.45, 7) is 2.07. The van der Waals surface area contributed by atoms with Crippen molar-refractivity contribution in [1.82, 2.24) is 14.4 Å². The van der Waals surface area contributed by atoms with Gasteiger partial charge in [0.25, 0.3) is 0 Å². The quantitative estimate of drug-likeness (QED) is 0.804. The average Bonchev–Trinajstić information content (AvgIpc) is 3.07. The highest BCUT2D eigenvalue weighted by Crippen LogP contribution is 2.31. The van der Waals surface area contributed by atoms with Crippen molar-refractivity contribution in [3.63, 3.8) is 0 Å². The molecule has 0 aliphatic rings. The molecule has 0 radical (unpaired) electrons. The number of carbonyl (C=O) groups excluding carboxylic acids is 1. The molecule has 0 aliphatic heterocycles. The molecule has 0 aromatic carbocycles. The summed E-state index contributed by atoms with van der Waals surface area (Å²) in [5, 5.41) is 4.69. The summed E-state index contributed by atoms with van der Waals surface area (Å²) < 4.78 is 6.66. The van der Waals surface area contributed by atoms with Crippen LogP contribution in [-0.4, -0.2) is 27.1 Å². The molecule has 0 aliphatic carbocycles. The predicted molar refractivity (Wildman–Crippen MR) is 76.9 cm³/mol. The van der Waals surface area contributed by atoms with Gasteiger partial charge in [0.1, 0.15) is 11.5 Å². The van der Waals surface area contributed by atoms with Crippen LogP contribution in [0, 0.1) is 0 Å². The molecule has 0 unspecified atom stereocenters. The van der Waals surface area contributed by atoms with Gasteiger partial charge in [0.15, 0.2) is 0 Å². The number of hydrogen-bond acceptors (Lipinski definition) is 5. The zero-order valence-corrected chi connectivity index (χ0v) is 11.6. The van der Waals surface area contributed by atoms with Crippen LogP contribution in [0.15, 0.2) is 36.0 Å². The summed E-state index contributed by atoms with van der Waals surface area (Å²) in [6.07, 6.45) is 2.96. The molecule has 3 heterocycles. The number of nitrogens with zero attached hydrogens (tertiary/aromatic N) is 3. The minimum Gasteiger partial charge on any atom is -0.450 e. The van der Waals surface area contributed by atoms with Crippen LogP contribution >= 0.6 is 11.3 Å². The molecule has 0 bridgehead atoms. The van der Waals surface area contributed by atoms with E-state index in [-0.39, 0.29) is 0 Å². The maximum atomic E-state index is 11.7. The molecule has 0 saturated heterocycles. The van der Waals surface area contributed by atoms with Gasteiger partial charge in [-0.2, -0.15) is 0 Å². The van der Waals surface area contributed by atoms with Gasteiger partial charge in [-0.05, 0) is 24.4 Å². The van der Waals surface area contributed by atoms with Crippen molar-refractivity contribution >= 4 is 29.0 Å². The topological polar surface area (TPSA) is 68.5 Å². The van der Waals surface area contributed by atoms with Crippen molar-refractivity contribution in [2.75, 3.05) is 11.9 Å². The van der Waals surface area contributed by atoms with Gasteiger partial charge in [0.2, 0.25) is 5.78 Å². The van der Waals surface area contributed by atoms with E-state index in [1.165, 1.54) is 0 Å². The highest BCUT2D eigenvalue weighted by atomic mass is 32.1. The molecule has 3 aromatic rings. The van der Waals surface area contributed by atoms with Crippen molar-refractivity contribution in [1.29, 1.82) is 0 Å². The van der Waals surface area contributed by atoms with E-state index in [1.807, 2.05) is 17.5 Å². The Bertz CT molecular complexity index is 736. The second kappa shape index (κ2) is 5.30. The number of ether oxygens (including phenoxy) is 1. The van der Waals surface area contributed by atoms with Gasteiger partial charge in [-0.25, -0.2) is 14.8 Å². The van der Waals surface area contributed by atoms with Crippen LogP contribution in [0.3, 0.4) is 0 Å². The van der Waals surface area contributed by atoms with Gasteiger partial charge in [0.05, 0.1) is 11.5 Å². The van der Waals surface area contributed by atoms with Crippen molar-refractivity contribution in [3.05, 3.63) is 36.0 Å². The van der Waals surface area contributed by atoms with Crippen LogP contribution in [0.25, 0.3) is 16.3 Å². The number of carbonyl (C=O) groups is 1. The summed E-state index contributed by atoms with van der Waals surface area (Å²) in [6, 6.07) is 5.66. The van der Waals surface area contributed by atoms with Crippen LogP contribution in [0.4, 0.5) is 10.6 Å². The van der Waals surface area contributed by atoms with Crippen LogP contribution in [-0.2, 0) is 4.74 Å². The number of nitrogens with one attached hydrogen (secondary N) is 1. The SMILES string of the molecule is CCOC(=O)Nc1c(-c2cccs2)nc2ncccn12. The second-order valence-electron chi connectivity index (χ2n) is 3.92. The Labute approximate surface area is 119 Å². The fourth-order valence-electron chi connectivity index (χ4n) is 1.86. The van der Waals surface area contributed by atoms with Crippen molar-refractivity contribution in [2.45, 2.75) is 6.92 Å². The normalized spacial score (nSPS) is 10.7. The summed E-state index contributed by atoms with van der Waals surface area (Å²) >= 11 is 1.55. The molecule has 1 N–H and O–H groups in total. The van der Waals surface area contributed by atoms with E-state index < -0.39 is 6.09 Å². The smallest absolute Gasteiger partial charge is 0.412 e. The van der Waals surface area contributed by atoms with Gasteiger partial charge in [-0.3, -0.25) is 9.72 Å². The molecule has 20 heavy (non-hydrogen) atoms. The second-order valence-corrected chi connectivity index (χ2v) is 4.87. The number of rotatable bonds is 3. The molecule has 3 rings (SSSR count). The fraction of sp³-hybridized carbons (Fsp3) is 0.154. The first-order chi connectivity index (χ1) is 9.79. The summed E-state index contributed by atoms with van der Waals surface area (Å²) in [7, 11) is 0. The van der Waals surface area contributed by atoms with Gasteiger partial charge in [-0.15, -0.1) is 11.3 Å². The largest absolute Gasteiger partial charge is 0.450 e. The highest BCUT2D eigenvalue weighted by molar-refractivity contribution is 7.13. The van der Waals surface area contributed by atoms with Gasteiger partial charge in [0, 0.05) is 12.4 Å². The van der Waals surface area contributed by atoms with Crippen molar-refractivity contribution in [3.8, 4) is 10.6 Å². The van der Waals surface area contributed by atoms with E-state index in [4.69, 9.17) is 4.74 Å². The Morgan fingerprint density at radius 1 is 1.50 bits per heavy atom. The fourth-order valence-corrected chi connectivity index (χ4v) is 2.57. The first-order valence-electron chi connectivity index (χ1n) is 6.10. The van der Waals surface area contributed by atoms with E-state index >= 15 is 0 Å². The van der Waals surface area contributed by atoms with E-state index in [0.717, 1.165) is 4.88 Å². The average molecular weight is 288 g/mol. The zero-order valence-electron chi connectivity index (χ0n) is 10.7. The van der Waals surface area contributed by atoms with Gasteiger partial charge >= 0.3 is 6.09 Å². The maximum Gasteiger partial charge on any atom is 0.412 e. The lowest BCUT2D eigenvalue weighted by Gasteiger charge is -2.06. The Hall–Kier alpha value is -2.41. The molecule has 1 amide bonds.